The zero-order valence-corrected chi connectivity index (χ0v) is 11.9. The standard InChI is InChI=1S/C13H12N6OS/c1-19-7-15-17-13(19)21-11-6-9(12(14)18-20)8-4-2-3-5-10(8)16-11/h2-7,20H,1H3,(H2,14,18). The van der Waals surface area contributed by atoms with E-state index in [1.807, 2.05) is 31.3 Å². The number of rotatable bonds is 3. The molecule has 0 aliphatic rings. The molecule has 8 heteroatoms. The highest BCUT2D eigenvalue weighted by atomic mass is 32.2. The summed E-state index contributed by atoms with van der Waals surface area (Å²) in [6, 6.07) is 9.31. The van der Waals surface area contributed by atoms with Crippen molar-refractivity contribution in [2.24, 2.45) is 17.9 Å². The average molecular weight is 300 g/mol. The van der Waals surface area contributed by atoms with E-state index in [0.717, 1.165) is 10.9 Å². The molecule has 0 bridgehead atoms. The summed E-state index contributed by atoms with van der Waals surface area (Å²) in [6.07, 6.45) is 1.62. The minimum Gasteiger partial charge on any atom is -0.409 e. The molecule has 0 amide bonds. The Morgan fingerprint density at radius 1 is 1.38 bits per heavy atom. The van der Waals surface area contributed by atoms with Crippen molar-refractivity contribution in [2.45, 2.75) is 10.2 Å². The molecule has 0 aliphatic heterocycles. The molecule has 2 heterocycles. The molecule has 7 nitrogen and oxygen atoms in total. The van der Waals surface area contributed by atoms with Gasteiger partial charge in [-0.2, -0.15) is 0 Å². The van der Waals surface area contributed by atoms with Gasteiger partial charge in [0.15, 0.2) is 11.0 Å². The van der Waals surface area contributed by atoms with Crippen LogP contribution >= 0.6 is 11.8 Å². The van der Waals surface area contributed by atoms with Gasteiger partial charge in [0.25, 0.3) is 0 Å². The molecule has 0 aliphatic carbocycles. The number of aromatic nitrogens is 4. The molecule has 0 atom stereocenters. The van der Waals surface area contributed by atoms with Crippen LogP contribution in [0.4, 0.5) is 0 Å². The average Bonchev–Trinajstić information content (AvgIpc) is 2.91. The van der Waals surface area contributed by atoms with Crippen LogP contribution in [0.15, 0.2) is 52.0 Å². The third-order valence-corrected chi connectivity index (χ3v) is 3.91. The second-order valence-electron chi connectivity index (χ2n) is 4.34. The van der Waals surface area contributed by atoms with Crippen molar-refractivity contribution in [1.82, 2.24) is 19.7 Å². The lowest BCUT2D eigenvalue weighted by molar-refractivity contribution is 0.318. The zero-order valence-electron chi connectivity index (χ0n) is 11.1. The first-order valence-electron chi connectivity index (χ1n) is 6.08. The smallest absolute Gasteiger partial charge is 0.197 e. The number of pyridine rings is 1. The topological polar surface area (TPSA) is 102 Å². The molecular weight excluding hydrogens is 288 g/mol. The molecule has 0 saturated heterocycles. The van der Waals surface area contributed by atoms with Crippen molar-refractivity contribution >= 4 is 28.5 Å². The highest BCUT2D eigenvalue weighted by molar-refractivity contribution is 7.99. The van der Waals surface area contributed by atoms with E-state index in [2.05, 4.69) is 20.3 Å². The fourth-order valence-electron chi connectivity index (χ4n) is 1.93. The number of hydrogen-bond acceptors (Lipinski definition) is 6. The largest absolute Gasteiger partial charge is 0.409 e. The monoisotopic (exact) mass is 300 g/mol. The fourth-order valence-corrected chi connectivity index (χ4v) is 2.71. The predicted molar refractivity (Wildman–Crippen MR) is 79.4 cm³/mol. The Bertz CT molecular complexity index is 828. The third-order valence-electron chi connectivity index (χ3n) is 2.94. The number of hydrogen-bond donors (Lipinski definition) is 2. The molecule has 3 N–H and O–H groups in total. The van der Waals surface area contributed by atoms with Crippen molar-refractivity contribution in [3.05, 3.63) is 42.2 Å². The van der Waals surface area contributed by atoms with E-state index in [4.69, 9.17) is 10.9 Å². The minimum absolute atomic E-state index is 0.0495. The van der Waals surface area contributed by atoms with Gasteiger partial charge in [-0.1, -0.05) is 23.4 Å². The summed E-state index contributed by atoms with van der Waals surface area (Å²) in [6.45, 7) is 0. The van der Waals surface area contributed by atoms with Crippen LogP contribution in [-0.2, 0) is 7.05 Å². The van der Waals surface area contributed by atoms with Crippen LogP contribution < -0.4 is 5.73 Å². The first-order valence-corrected chi connectivity index (χ1v) is 6.90. The molecule has 21 heavy (non-hydrogen) atoms. The molecule has 0 saturated carbocycles. The zero-order chi connectivity index (χ0) is 14.8. The molecule has 0 radical (unpaired) electrons. The summed E-state index contributed by atoms with van der Waals surface area (Å²) in [5.74, 6) is 0.0495. The summed E-state index contributed by atoms with van der Waals surface area (Å²) in [7, 11) is 1.85. The van der Waals surface area contributed by atoms with Crippen LogP contribution in [0.5, 0.6) is 0 Å². The highest BCUT2D eigenvalue weighted by Crippen LogP contribution is 2.28. The van der Waals surface area contributed by atoms with Crippen LogP contribution in [0.3, 0.4) is 0 Å². The van der Waals surface area contributed by atoms with Crippen molar-refractivity contribution in [2.75, 3.05) is 0 Å². The number of para-hydroxylation sites is 1. The second-order valence-corrected chi connectivity index (χ2v) is 5.32. The van der Waals surface area contributed by atoms with E-state index in [0.29, 0.717) is 15.7 Å². The van der Waals surface area contributed by atoms with Gasteiger partial charge in [0, 0.05) is 18.0 Å². The van der Waals surface area contributed by atoms with Crippen molar-refractivity contribution in [3.8, 4) is 0 Å². The van der Waals surface area contributed by atoms with Gasteiger partial charge in [-0.25, -0.2) is 4.98 Å². The van der Waals surface area contributed by atoms with Crippen LogP contribution in [0, 0.1) is 0 Å². The van der Waals surface area contributed by atoms with E-state index in [9.17, 15) is 0 Å². The van der Waals surface area contributed by atoms with Gasteiger partial charge in [0.2, 0.25) is 0 Å². The second kappa shape index (κ2) is 5.41. The molecule has 0 fully saturated rings. The summed E-state index contributed by atoms with van der Waals surface area (Å²) >= 11 is 1.36. The van der Waals surface area contributed by atoms with Crippen molar-refractivity contribution in [1.29, 1.82) is 0 Å². The lowest BCUT2D eigenvalue weighted by atomic mass is 10.1. The number of benzene rings is 1. The summed E-state index contributed by atoms with van der Waals surface area (Å²) in [5, 5.41) is 22.1. The Balaban J connectivity index is 2.14. The summed E-state index contributed by atoms with van der Waals surface area (Å²) in [4.78, 5) is 4.56. The number of nitrogens with zero attached hydrogens (tertiary/aromatic N) is 5. The maximum absolute atomic E-state index is 8.95. The molecule has 3 aromatic rings. The number of oxime groups is 1. The molecular formula is C13H12N6OS. The van der Waals surface area contributed by atoms with E-state index in [-0.39, 0.29) is 5.84 Å². The molecule has 3 rings (SSSR count). The van der Waals surface area contributed by atoms with E-state index in [1.54, 1.807) is 17.0 Å². The first kappa shape index (κ1) is 13.4. The summed E-state index contributed by atoms with van der Waals surface area (Å²) < 4.78 is 1.80. The van der Waals surface area contributed by atoms with Crippen molar-refractivity contribution in [3.63, 3.8) is 0 Å². The SMILES string of the molecule is Cn1cnnc1Sc1cc(C(N)=NO)c2ccccc2n1. The molecule has 1 aromatic carbocycles. The molecule has 0 unspecified atom stereocenters. The molecule has 106 valence electrons. The normalized spacial score (nSPS) is 12.0. The lowest BCUT2D eigenvalue weighted by Gasteiger charge is -2.07. The Kier molecular flexibility index (Phi) is 3.44. The van der Waals surface area contributed by atoms with E-state index in [1.165, 1.54) is 11.8 Å². The maximum atomic E-state index is 8.95. The van der Waals surface area contributed by atoms with Gasteiger partial charge in [-0.15, -0.1) is 10.2 Å². The number of aryl methyl sites for hydroxylation is 1. The minimum atomic E-state index is 0.0495. The third kappa shape index (κ3) is 2.52. The quantitative estimate of drug-likeness (QED) is 0.330. The first-order chi connectivity index (χ1) is 10.2. The Morgan fingerprint density at radius 3 is 2.90 bits per heavy atom. The number of amidine groups is 1. The van der Waals surface area contributed by atoms with Gasteiger partial charge in [-0.05, 0) is 23.9 Å². The Morgan fingerprint density at radius 2 is 2.19 bits per heavy atom. The Hall–Kier alpha value is -2.61. The van der Waals surface area contributed by atoms with Gasteiger partial charge >= 0.3 is 0 Å². The number of nitrogens with two attached hydrogens (primary N) is 1. The van der Waals surface area contributed by atoms with Gasteiger partial charge in [-0.3, -0.25) is 0 Å². The van der Waals surface area contributed by atoms with E-state index >= 15 is 0 Å². The maximum Gasteiger partial charge on any atom is 0.197 e. The lowest BCUT2D eigenvalue weighted by Crippen LogP contribution is -2.14. The molecule has 2 aromatic heterocycles. The number of fused-ring (bicyclic) bond motifs is 1. The van der Waals surface area contributed by atoms with Gasteiger partial charge < -0.3 is 15.5 Å². The van der Waals surface area contributed by atoms with Crippen LogP contribution in [0.1, 0.15) is 5.56 Å². The summed E-state index contributed by atoms with van der Waals surface area (Å²) in [5.41, 5.74) is 7.16. The Labute approximate surface area is 124 Å². The predicted octanol–water partition coefficient (Wildman–Crippen LogP) is 1.61. The van der Waals surface area contributed by atoms with Crippen LogP contribution in [0.25, 0.3) is 10.9 Å². The van der Waals surface area contributed by atoms with E-state index < -0.39 is 0 Å². The van der Waals surface area contributed by atoms with Crippen molar-refractivity contribution < 1.29 is 5.21 Å². The van der Waals surface area contributed by atoms with Crippen LogP contribution in [0.2, 0.25) is 0 Å². The van der Waals surface area contributed by atoms with Gasteiger partial charge in [0.05, 0.1) is 5.52 Å². The molecule has 0 spiro atoms. The highest BCUT2D eigenvalue weighted by Gasteiger charge is 2.12. The van der Waals surface area contributed by atoms with Gasteiger partial charge in [0.1, 0.15) is 11.4 Å². The van der Waals surface area contributed by atoms with Crippen LogP contribution in [-0.4, -0.2) is 30.8 Å². The fraction of sp³-hybridized carbons (Fsp3) is 0.0769.